The average Bonchev–Trinajstić information content (AvgIpc) is 2.47. The molecular weight excluding hydrogens is 428 g/mol. The fraction of sp³-hybridized carbons (Fsp3) is 0.600. The molecule has 0 aliphatic carbocycles. The molecule has 0 heterocycles. The topological polar surface area (TPSA) is 241 Å². The predicted octanol–water partition coefficient (Wildman–Crippen LogP) is -7.47. The van der Waals surface area contributed by atoms with E-state index >= 15 is 0 Å². The summed E-state index contributed by atoms with van der Waals surface area (Å²) in [6, 6.07) is 0. The van der Waals surface area contributed by atoms with Gasteiger partial charge in [0.05, 0.1) is 35.8 Å². The summed E-state index contributed by atoms with van der Waals surface area (Å²) in [5.74, 6) is -9.82. The molecule has 158 valence electrons. The molecule has 0 aromatic rings. The third-order valence-electron chi connectivity index (χ3n) is 3.06. The van der Waals surface area contributed by atoms with Gasteiger partial charge in [-0.3, -0.25) is 0 Å². The van der Waals surface area contributed by atoms with Crippen LogP contribution >= 0.6 is 0 Å². The average molecular weight is 446 g/mol. The molecule has 28 heavy (non-hydrogen) atoms. The standard InChI is InChI=1S/3C5H8O4.Fe/c3*1-5(2,3(6)7)4(8)9;/h3*1-2H3,(H,6,7)(H,8,9);/q;;;+6/p-6. The Morgan fingerprint density at radius 1 is 0.393 bits per heavy atom. The molecule has 0 unspecified atom stereocenters. The molecule has 0 saturated carbocycles. The van der Waals surface area contributed by atoms with E-state index in [1.54, 1.807) is 0 Å². The van der Waals surface area contributed by atoms with Gasteiger partial charge in [0.25, 0.3) is 0 Å². The molecule has 12 nitrogen and oxygen atoms in total. The van der Waals surface area contributed by atoms with Crippen molar-refractivity contribution in [2.45, 2.75) is 41.5 Å². The Hall–Kier alpha value is -2.66. The first-order valence-corrected chi connectivity index (χ1v) is 6.95. The molecule has 0 radical (unpaired) electrons. The van der Waals surface area contributed by atoms with Gasteiger partial charge in [0.2, 0.25) is 0 Å². The molecule has 0 amide bonds. The number of hydrogen-bond donors (Lipinski definition) is 0. The summed E-state index contributed by atoms with van der Waals surface area (Å²) in [5, 5.41) is 59.6. The summed E-state index contributed by atoms with van der Waals surface area (Å²) in [7, 11) is 0. The fourth-order valence-corrected chi connectivity index (χ4v) is 0.250. The van der Waals surface area contributed by atoms with Crippen LogP contribution in [0.25, 0.3) is 0 Å². The van der Waals surface area contributed by atoms with Gasteiger partial charge in [-0.15, -0.1) is 0 Å². The van der Waals surface area contributed by atoms with Gasteiger partial charge in [0.1, 0.15) is 0 Å². The van der Waals surface area contributed by atoms with Gasteiger partial charge in [-0.05, 0) is 41.5 Å². The van der Waals surface area contributed by atoms with E-state index in [9.17, 15) is 59.4 Å². The minimum atomic E-state index is -1.89. The quantitative estimate of drug-likeness (QED) is 0.273. The molecule has 0 aliphatic rings. The first-order chi connectivity index (χ1) is 11.7. The number of rotatable bonds is 6. The molecule has 0 aromatic carbocycles. The number of carboxylic acids is 6. The molecular formula is C15H18FeO12. The molecule has 0 saturated heterocycles. The molecule has 0 spiro atoms. The van der Waals surface area contributed by atoms with Crippen LogP contribution in [0, 0.1) is 16.2 Å². The molecule has 0 N–H and O–H groups in total. The number of aliphatic carboxylic acids is 6. The second-order valence-corrected chi connectivity index (χ2v) is 6.60. The van der Waals surface area contributed by atoms with Crippen LogP contribution in [0.15, 0.2) is 0 Å². The summed E-state index contributed by atoms with van der Waals surface area (Å²) in [4.78, 5) is 59.6. The fourth-order valence-electron chi connectivity index (χ4n) is 0.250. The van der Waals surface area contributed by atoms with Crippen molar-refractivity contribution in [3.05, 3.63) is 0 Å². The minimum absolute atomic E-state index is 0. The van der Waals surface area contributed by atoms with Crippen molar-refractivity contribution >= 4 is 35.8 Å². The molecule has 0 bridgehead atoms. The zero-order chi connectivity index (χ0) is 23.0. The Morgan fingerprint density at radius 2 is 0.464 bits per heavy atom. The van der Waals surface area contributed by atoms with E-state index in [1.807, 2.05) is 0 Å². The predicted molar refractivity (Wildman–Crippen MR) is 71.4 cm³/mol. The van der Waals surface area contributed by atoms with E-state index in [2.05, 4.69) is 0 Å². The van der Waals surface area contributed by atoms with Crippen LogP contribution in [0.3, 0.4) is 0 Å². The second-order valence-electron chi connectivity index (χ2n) is 6.60. The number of carbonyl (C=O) groups excluding carboxylic acids is 6. The van der Waals surface area contributed by atoms with E-state index in [0.29, 0.717) is 0 Å². The Labute approximate surface area is 170 Å². The maximum atomic E-state index is 9.93. The van der Waals surface area contributed by atoms with E-state index in [4.69, 9.17) is 0 Å². The third kappa shape index (κ3) is 10.5. The van der Waals surface area contributed by atoms with Gasteiger partial charge in [0, 0.05) is 16.2 Å². The van der Waals surface area contributed by atoms with Crippen molar-refractivity contribution in [3.63, 3.8) is 0 Å². The maximum absolute atomic E-state index is 9.93. The van der Waals surface area contributed by atoms with Crippen LogP contribution in [0.1, 0.15) is 41.5 Å². The van der Waals surface area contributed by atoms with Gasteiger partial charge in [-0.25, -0.2) is 0 Å². The van der Waals surface area contributed by atoms with Gasteiger partial charge in [-0.2, -0.15) is 0 Å². The van der Waals surface area contributed by atoms with Crippen LogP contribution in [0.2, 0.25) is 0 Å². The van der Waals surface area contributed by atoms with Crippen molar-refractivity contribution < 1.29 is 76.5 Å². The second kappa shape index (κ2) is 11.9. The van der Waals surface area contributed by atoms with Crippen LogP contribution in [0.4, 0.5) is 0 Å². The molecule has 0 aliphatic heterocycles. The van der Waals surface area contributed by atoms with E-state index in [-0.39, 0.29) is 17.1 Å². The van der Waals surface area contributed by atoms with E-state index in [0.717, 1.165) is 41.5 Å². The molecule has 0 rings (SSSR count). The van der Waals surface area contributed by atoms with Crippen molar-refractivity contribution in [1.29, 1.82) is 0 Å². The van der Waals surface area contributed by atoms with Gasteiger partial charge < -0.3 is 59.4 Å². The summed E-state index contributed by atoms with van der Waals surface area (Å²) in [6.07, 6.45) is 0. The maximum Gasteiger partial charge on any atom is 6.00 e. The van der Waals surface area contributed by atoms with E-state index < -0.39 is 52.1 Å². The number of carbonyl (C=O) groups is 6. The van der Waals surface area contributed by atoms with Gasteiger partial charge in [0.15, 0.2) is 0 Å². The zero-order valence-corrected chi connectivity index (χ0v) is 16.9. The van der Waals surface area contributed by atoms with Crippen LogP contribution < -0.4 is 30.6 Å². The Bertz CT molecular complexity index is 485. The number of carboxylic acid groups (broad SMARTS) is 6. The monoisotopic (exact) mass is 446 g/mol. The molecule has 0 fully saturated rings. The summed E-state index contributed by atoms with van der Waals surface area (Å²) in [5.41, 5.74) is -5.67. The smallest absolute Gasteiger partial charge is 0.549 e. The third-order valence-corrected chi connectivity index (χ3v) is 3.06. The van der Waals surface area contributed by atoms with Crippen molar-refractivity contribution in [2.24, 2.45) is 16.2 Å². The first-order valence-electron chi connectivity index (χ1n) is 6.95. The van der Waals surface area contributed by atoms with Gasteiger partial charge in [-0.1, -0.05) is 0 Å². The number of hydrogen-bond acceptors (Lipinski definition) is 12. The molecule has 0 atom stereocenters. The Balaban J connectivity index is -0.000000152. The normalized spacial score (nSPS) is 10.5. The van der Waals surface area contributed by atoms with Crippen LogP contribution in [-0.2, 0) is 45.8 Å². The van der Waals surface area contributed by atoms with Crippen LogP contribution in [-0.4, -0.2) is 35.8 Å². The minimum Gasteiger partial charge on any atom is -0.549 e. The summed E-state index contributed by atoms with van der Waals surface area (Å²) < 4.78 is 0. The Kier molecular flexibility index (Phi) is 14.0. The molecule has 0 aromatic heterocycles. The summed E-state index contributed by atoms with van der Waals surface area (Å²) in [6.45, 7) is 6.07. The SMILES string of the molecule is CC(C)(C(=O)[O-])C(=O)[O-].CC(C)(C(=O)[O-])C(=O)[O-].CC(C)(C(=O)[O-])C(=O)[O-].[Fe+6]. The van der Waals surface area contributed by atoms with Crippen molar-refractivity contribution in [2.75, 3.05) is 0 Å². The van der Waals surface area contributed by atoms with Gasteiger partial charge >= 0.3 is 17.1 Å². The van der Waals surface area contributed by atoms with Crippen molar-refractivity contribution in [1.82, 2.24) is 0 Å². The first kappa shape index (κ1) is 33.0. The Morgan fingerprint density at radius 3 is 0.464 bits per heavy atom. The zero-order valence-electron chi connectivity index (χ0n) is 15.8. The van der Waals surface area contributed by atoms with Crippen molar-refractivity contribution in [3.8, 4) is 0 Å². The largest absolute Gasteiger partial charge is 6.00 e. The molecule has 13 heteroatoms. The summed E-state index contributed by atoms with van der Waals surface area (Å²) >= 11 is 0. The van der Waals surface area contributed by atoms with Crippen LogP contribution in [0.5, 0.6) is 0 Å². The van der Waals surface area contributed by atoms with E-state index in [1.165, 1.54) is 0 Å².